The minimum Gasteiger partial charge on any atom is -1.00 e. The number of unbranched alkanes of at least 4 members (excludes halogenated alkanes) is 12. The highest BCUT2D eigenvalue weighted by molar-refractivity contribution is 7.92. The molecule has 3 aromatic carbocycles. The van der Waals surface area contributed by atoms with Gasteiger partial charge in [-0.25, -0.2) is 21.1 Å². The molecule has 0 aliphatic carbocycles. The van der Waals surface area contributed by atoms with Crippen LogP contribution >= 0.6 is 0 Å². The quantitative estimate of drug-likeness (QED) is 0.0542. The fraction of sp³-hybridized carbons (Fsp3) is 0.633. The largest absolute Gasteiger partial charge is 1.00 e. The first-order chi connectivity index (χ1) is 27.9. The number of hydrogen-bond donors (Lipinski definition) is 0. The molecule has 0 N–H and O–H groups in total. The number of aryl methyl sites for hydroxylation is 2. The van der Waals surface area contributed by atoms with Gasteiger partial charge in [0.25, 0.3) is 10.0 Å². The Bertz CT molecular complexity index is 1760. The van der Waals surface area contributed by atoms with E-state index < -0.39 is 20.0 Å². The summed E-state index contributed by atoms with van der Waals surface area (Å²) in [6.07, 6.45) is 19.7. The first-order valence-corrected chi connectivity index (χ1v) is 25.6. The van der Waals surface area contributed by atoms with E-state index in [0.29, 0.717) is 22.9 Å². The average Bonchev–Trinajstić information content (AvgIpc) is 3.19. The molecule has 0 heterocycles. The van der Waals surface area contributed by atoms with Crippen molar-refractivity contribution < 1.29 is 73.8 Å². The minimum atomic E-state index is -3.62. The van der Waals surface area contributed by atoms with Crippen LogP contribution in [0.25, 0.3) is 0 Å². The van der Waals surface area contributed by atoms with Crippen LogP contribution in [0.2, 0.25) is 0 Å². The normalized spacial score (nSPS) is 12.0. The van der Waals surface area contributed by atoms with Crippen LogP contribution in [0.5, 0.6) is 0 Å². The Morgan fingerprint density at radius 1 is 0.459 bits per heavy atom. The molecule has 0 saturated carbocycles. The maximum absolute atomic E-state index is 13.7. The van der Waals surface area contributed by atoms with Gasteiger partial charge in [-0.3, -0.25) is 4.31 Å². The zero-order chi connectivity index (χ0) is 43.8. The first-order valence-electron chi connectivity index (χ1n) is 22.8. The number of nitrogens with zero attached hydrogens (tertiary/aromatic N) is 4. The summed E-state index contributed by atoms with van der Waals surface area (Å²) in [7, 11) is 3.62. The first kappa shape index (κ1) is 59.7. The molecule has 0 saturated heterocycles. The molecule has 0 radical (unpaired) electrons. The summed E-state index contributed by atoms with van der Waals surface area (Å²) in [6.45, 7) is 14.1. The van der Waals surface area contributed by atoms with E-state index in [2.05, 4.69) is 42.0 Å². The highest BCUT2D eigenvalue weighted by atomic mass is 127. The van der Waals surface area contributed by atoms with Crippen molar-refractivity contribution in [2.75, 3.05) is 78.8 Å². The summed E-state index contributed by atoms with van der Waals surface area (Å²) < 4.78 is 57.3. The number of rotatable bonds is 29. The lowest BCUT2D eigenvalue weighted by atomic mass is 10.1. The number of para-hydroxylation sites is 1. The summed E-state index contributed by atoms with van der Waals surface area (Å²) in [5, 5.41) is 0. The molecule has 350 valence electrons. The van der Waals surface area contributed by atoms with Crippen molar-refractivity contribution in [2.45, 2.75) is 140 Å². The molecule has 0 unspecified atom stereocenters. The van der Waals surface area contributed by atoms with Gasteiger partial charge in [0.1, 0.15) is 0 Å². The second-order valence-corrected chi connectivity index (χ2v) is 22.0. The van der Waals surface area contributed by atoms with E-state index in [0.717, 1.165) is 64.6 Å². The summed E-state index contributed by atoms with van der Waals surface area (Å²) in [4.78, 5) is 0.741. The third-order valence-electron chi connectivity index (χ3n) is 11.3. The molecular weight excluding hydrogens is 1030 g/mol. The zero-order valence-corrected chi connectivity index (χ0v) is 45.5. The summed E-state index contributed by atoms with van der Waals surface area (Å²) >= 11 is 0. The van der Waals surface area contributed by atoms with Gasteiger partial charge in [-0.2, -0.15) is 0 Å². The maximum Gasteiger partial charge on any atom is 0.264 e. The topological polar surface area (TPSA) is 74.8 Å². The van der Waals surface area contributed by atoms with Crippen molar-refractivity contribution in [2.24, 2.45) is 0 Å². The van der Waals surface area contributed by atoms with Crippen LogP contribution in [0.15, 0.2) is 88.7 Å². The molecule has 0 aromatic heterocycles. The van der Waals surface area contributed by atoms with Gasteiger partial charge in [0.05, 0.1) is 69.8 Å². The van der Waals surface area contributed by atoms with Crippen LogP contribution in [0.4, 0.5) is 5.69 Å². The Balaban J connectivity index is 0.00000133. The third-order valence-corrected chi connectivity index (χ3v) is 15.1. The molecule has 0 aliphatic rings. The van der Waals surface area contributed by atoms with Gasteiger partial charge in [0.15, 0.2) is 0 Å². The van der Waals surface area contributed by atoms with Crippen LogP contribution in [0.3, 0.4) is 0 Å². The number of quaternary nitrogens is 2. The molecule has 0 fully saturated rings. The third kappa shape index (κ3) is 24.0. The Kier molecular flexibility index (Phi) is 30.9. The Morgan fingerprint density at radius 2 is 0.852 bits per heavy atom. The lowest BCUT2D eigenvalue weighted by Crippen LogP contribution is -3.00. The maximum atomic E-state index is 13.7. The second kappa shape index (κ2) is 31.6. The number of hydrogen-bond acceptors (Lipinski definition) is 4. The highest BCUT2D eigenvalue weighted by Gasteiger charge is 2.27. The summed E-state index contributed by atoms with van der Waals surface area (Å²) in [5.74, 6) is 0. The predicted molar refractivity (Wildman–Crippen MR) is 252 cm³/mol. The summed E-state index contributed by atoms with van der Waals surface area (Å²) in [6, 6.07) is 23.9. The zero-order valence-electron chi connectivity index (χ0n) is 39.6. The number of halogens is 2. The fourth-order valence-corrected chi connectivity index (χ4v) is 10.1. The molecular formula is C49H84I2N4O4S2. The molecule has 0 atom stereocenters. The summed E-state index contributed by atoms with van der Waals surface area (Å²) in [5.41, 5.74) is 2.87. The highest BCUT2D eigenvalue weighted by Crippen LogP contribution is 2.25. The van der Waals surface area contributed by atoms with Gasteiger partial charge >= 0.3 is 0 Å². The Hall–Kier alpha value is -1.30. The standard InChI is InChI=1S/C33H55N2O2S.C16H29N2O2S.2HI/c1-5-7-9-11-13-18-28-35(4,29-19-14-12-10-8-6-2)30-20-27-34(32-21-16-15-17-22-32)38(36,37)33-25-23-31(3)24-26-33;1-15-9-11-16(12-10-15)21(19,20)17(2)13-7-6-8-14-18(3,4)5;;/h15-17,21-26H,5-14,18-20,27-30H2,1-4H3;9-12H,6-8,13-14H2,1-5H3;2*1H/q2*+1;;/p-2. The van der Waals surface area contributed by atoms with Crippen molar-refractivity contribution in [1.29, 1.82) is 0 Å². The van der Waals surface area contributed by atoms with E-state index in [4.69, 9.17) is 0 Å². The van der Waals surface area contributed by atoms with Crippen molar-refractivity contribution in [3.05, 3.63) is 90.0 Å². The van der Waals surface area contributed by atoms with Crippen LogP contribution in [0, 0.1) is 13.8 Å². The molecule has 61 heavy (non-hydrogen) atoms. The Labute approximate surface area is 409 Å². The molecule has 0 aliphatic heterocycles. The molecule has 12 heteroatoms. The van der Waals surface area contributed by atoms with Crippen molar-refractivity contribution >= 4 is 25.7 Å². The Morgan fingerprint density at radius 3 is 1.31 bits per heavy atom. The van der Waals surface area contributed by atoms with Crippen LogP contribution < -0.4 is 52.3 Å². The van der Waals surface area contributed by atoms with Gasteiger partial charge in [0, 0.05) is 26.6 Å². The van der Waals surface area contributed by atoms with E-state index in [1.54, 1.807) is 35.6 Å². The molecule has 3 rings (SSSR count). The fourth-order valence-electron chi connectivity index (χ4n) is 7.41. The van der Waals surface area contributed by atoms with Crippen molar-refractivity contribution in [1.82, 2.24) is 4.31 Å². The van der Waals surface area contributed by atoms with Gasteiger partial charge in [0.2, 0.25) is 10.0 Å². The minimum absolute atomic E-state index is 0. The number of sulfonamides is 2. The number of anilines is 1. The lowest BCUT2D eigenvalue weighted by molar-refractivity contribution is -0.910. The van der Waals surface area contributed by atoms with Gasteiger partial charge in [-0.05, 0) is 95.2 Å². The van der Waals surface area contributed by atoms with Gasteiger partial charge in [-0.15, -0.1) is 0 Å². The molecule has 0 amide bonds. The van der Waals surface area contributed by atoms with Crippen LogP contribution in [0.1, 0.15) is 128 Å². The van der Waals surface area contributed by atoms with Crippen LogP contribution in [-0.2, 0) is 20.0 Å². The SMILES string of the molecule is CCCCCCCC[N+](C)(CCCCCCCC)CCCN(c1ccccc1)S(=O)(=O)c1ccc(C)cc1.Cc1ccc(S(=O)(=O)N(C)CCCCC[N+](C)(C)C)cc1.[I-].[I-]. The monoisotopic (exact) mass is 1110 g/mol. The average molecular weight is 1110 g/mol. The van der Waals surface area contributed by atoms with Crippen molar-refractivity contribution in [3.8, 4) is 0 Å². The molecule has 0 bridgehead atoms. The molecule has 3 aromatic rings. The van der Waals surface area contributed by atoms with E-state index in [9.17, 15) is 16.8 Å². The van der Waals surface area contributed by atoms with E-state index >= 15 is 0 Å². The van der Waals surface area contributed by atoms with E-state index in [1.165, 1.54) is 94.4 Å². The molecule has 8 nitrogen and oxygen atoms in total. The van der Waals surface area contributed by atoms with Gasteiger partial charge < -0.3 is 56.9 Å². The second-order valence-electron chi connectivity index (χ2n) is 18.1. The predicted octanol–water partition coefficient (Wildman–Crippen LogP) is 5.25. The number of benzene rings is 3. The van der Waals surface area contributed by atoms with Gasteiger partial charge in [-0.1, -0.05) is 119 Å². The smallest absolute Gasteiger partial charge is 0.264 e. The van der Waals surface area contributed by atoms with E-state index in [1.807, 2.05) is 68.4 Å². The van der Waals surface area contributed by atoms with Crippen LogP contribution in [-0.4, -0.2) is 105 Å². The van der Waals surface area contributed by atoms with E-state index in [-0.39, 0.29) is 48.0 Å². The van der Waals surface area contributed by atoms with Crippen molar-refractivity contribution in [3.63, 3.8) is 0 Å². The molecule has 0 spiro atoms. The lowest BCUT2D eigenvalue weighted by Gasteiger charge is -2.36.